The molecule has 1 heterocycles. The predicted molar refractivity (Wildman–Crippen MR) is 71.4 cm³/mol. The van der Waals surface area contributed by atoms with E-state index in [0.29, 0.717) is 0 Å². The first-order valence-corrected chi connectivity index (χ1v) is 6.66. The van der Waals surface area contributed by atoms with Gasteiger partial charge in [0.1, 0.15) is 11.4 Å². The molecular formula is C16H20O. The highest BCUT2D eigenvalue weighted by Crippen LogP contribution is 2.38. The van der Waals surface area contributed by atoms with Crippen LogP contribution in [0, 0.1) is 0 Å². The van der Waals surface area contributed by atoms with Gasteiger partial charge in [-0.25, -0.2) is 0 Å². The molecule has 1 nitrogen and oxygen atoms in total. The standard InChI is InChI=1S/C16H20O/c1-16(2)10-9-14-11-13(7-8-15(14)17-16)12-5-3-4-6-12/h7-12H,3-6H2,1-2H3. The second kappa shape index (κ2) is 3.90. The van der Waals surface area contributed by atoms with Gasteiger partial charge in [-0.15, -0.1) is 0 Å². The Balaban J connectivity index is 1.92. The first-order chi connectivity index (χ1) is 8.14. The van der Waals surface area contributed by atoms with E-state index in [-0.39, 0.29) is 5.60 Å². The van der Waals surface area contributed by atoms with Crippen molar-refractivity contribution in [1.82, 2.24) is 0 Å². The topological polar surface area (TPSA) is 9.23 Å². The summed E-state index contributed by atoms with van der Waals surface area (Å²) in [5, 5.41) is 0. The van der Waals surface area contributed by atoms with E-state index < -0.39 is 0 Å². The minimum atomic E-state index is -0.165. The highest BCUT2D eigenvalue weighted by Gasteiger charge is 2.23. The molecular weight excluding hydrogens is 208 g/mol. The summed E-state index contributed by atoms with van der Waals surface area (Å²) >= 11 is 0. The molecule has 0 unspecified atom stereocenters. The van der Waals surface area contributed by atoms with Crippen LogP contribution in [0.25, 0.3) is 6.08 Å². The molecule has 90 valence electrons. The van der Waals surface area contributed by atoms with Gasteiger partial charge in [0.15, 0.2) is 0 Å². The Hall–Kier alpha value is -1.24. The molecule has 1 aromatic rings. The van der Waals surface area contributed by atoms with Crippen LogP contribution in [0.1, 0.15) is 56.6 Å². The van der Waals surface area contributed by atoms with E-state index in [9.17, 15) is 0 Å². The van der Waals surface area contributed by atoms with Crippen molar-refractivity contribution in [1.29, 1.82) is 0 Å². The van der Waals surface area contributed by atoms with Crippen molar-refractivity contribution in [2.75, 3.05) is 0 Å². The lowest BCUT2D eigenvalue weighted by molar-refractivity contribution is 0.159. The van der Waals surface area contributed by atoms with Crippen molar-refractivity contribution < 1.29 is 4.74 Å². The van der Waals surface area contributed by atoms with Crippen molar-refractivity contribution >= 4 is 6.08 Å². The third-order valence-corrected chi connectivity index (χ3v) is 3.90. The van der Waals surface area contributed by atoms with Gasteiger partial charge >= 0.3 is 0 Å². The molecule has 1 aromatic carbocycles. The number of benzene rings is 1. The van der Waals surface area contributed by atoms with E-state index in [2.05, 4.69) is 44.2 Å². The molecule has 0 atom stereocenters. The van der Waals surface area contributed by atoms with Gasteiger partial charge in [0.25, 0.3) is 0 Å². The van der Waals surface area contributed by atoms with E-state index in [1.807, 2.05) is 0 Å². The first kappa shape index (κ1) is 10.9. The number of hydrogen-bond donors (Lipinski definition) is 0. The summed E-state index contributed by atoms with van der Waals surface area (Å²) in [6.45, 7) is 4.19. The molecule has 0 radical (unpaired) electrons. The zero-order chi connectivity index (χ0) is 11.9. The Morgan fingerprint density at radius 2 is 1.94 bits per heavy atom. The Kier molecular flexibility index (Phi) is 2.50. The Morgan fingerprint density at radius 3 is 2.71 bits per heavy atom. The van der Waals surface area contributed by atoms with Crippen LogP contribution in [0.3, 0.4) is 0 Å². The fraction of sp³-hybridized carbons (Fsp3) is 0.500. The summed E-state index contributed by atoms with van der Waals surface area (Å²) in [7, 11) is 0. The fourth-order valence-corrected chi connectivity index (χ4v) is 2.91. The van der Waals surface area contributed by atoms with Crippen LogP contribution in [-0.2, 0) is 0 Å². The third kappa shape index (κ3) is 2.11. The third-order valence-electron chi connectivity index (χ3n) is 3.90. The summed E-state index contributed by atoms with van der Waals surface area (Å²) in [5.74, 6) is 1.81. The van der Waals surface area contributed by atoms with E-state index in [1.54, 1.807) is 0 Å². The van der Waals surface area contributed by atoms with E-state index >= 15 is 0 Å². The molecule has 1 aliphatic heterocycles. The lowest BCUT2D eigenvalue weighted by Crippen LogP contribution is -2.27. The molecule has 1 fully saturated rings. The Labute approximate surface area is 103 Å². The summed E-state index contributed by atoms with van der Waals surface area (Å²) < 4.78 is 5.95. The van der Waals surface area contributed by atoms with Crippen LogP contribution in [-0.4, -0.2) is 5.60 Å². The van der Waals surface area contributed by atoms with E-state index in [1.165, 1.54) is 36.8 Å². The van der Waals surface area contributed by atoms with Gasteiger partial charge in [0.2, 0.25) is 0 Å². The quantitative estimate of drug-likeness (QED) is 0.686. The molecule has 0 aromatic heterocycles. The average molecular weight is 228 g/mol. The van der Waals surface area contributed by atoms with Gasteiger partial charge in [-0.2, -0.15) is 0 Å². The van der Waals surface area contributed by atoms with Gasteiger partial charge in [-0.1, -0.05) is 25.0 Å². The van der Waals surface area contributed by atoms with E-state index in [0.717, 1.165) is 11.7 Å². The lowest BCUT2D eigenvalue weighted by Gasteiger charge is -2.28. The van der Waals surface area contributed by atoms with Gasteiger partial charge in [-0.3, -0.25) is 0 Å². The van der Waals surface area contributed by atoms with Crippen LogP contribution >= 0.6 is 0 Å². The zero-order valence-corrected chi connectivity index (χ0v) is 10.7. The highest BCUT2D eigenvalue weighted by molar-refractivity contribution is 5.62. The van der Waals surface area contributed by atoms with Crippen LogP contribution in [0.5, 0.6) is 5.75 Å². The Morgan fingerprint density at radius 1 is 1.18 bits per heavy atom. The van der Waals surface area contributed by atoms with Crippen molar-refractivity contribution in [2.45, 2.75) is 51.0 Å². The molecule has 1 aliphatic carbocycles. The van der Waals surface area contributed by atoms with Gasteiger partial charge in [0.05, 0.1) is 0 Å². The number of fused-ring (bicyclic) bond motifs is 1. The summed E-state index contributed by atoms with van der Waals surface area (Å²) in [4.78, 5) is 0. The van der Waals surface area contributed by atoms with Crippen LogP contribution in [0.4, 0.5) is 0 Å². The second-order valence-electron chi connectivity index (χ2n) is 5.82. The smallest absolute Gasteiger partial charge is 0.127 e. The van der Waals surface area contributed by atoms with Gasteiger partial charge < -0.3 is 4.74 Å². The van der Waals surface area contributed by atoms with Crippen molar-refractivity contribution in [2.24, 2.45) is 0 Å². The van der Waals surface area contributed by atoms with Crippen molar-refractivity contribution in [3.8, 4) is 5.75 Å². The van der Waals surface area contributed by atoms with E-state index in [4.69, 9.17) is 4.74 Å². The fourth-order valence-electron chi connectivity index (χ4n) is 2.91. The molecule has 2 aliphatic rings. The maximum absolute atomic E-state index is 5.95. The van der Waals surface area contributed by atoms with Crippen LogP contribution < -0.4 is 4.74 Å². The SMILES string of the molecule is CC1(C)C=Cc2cc(C3CCCC3)ccc2O1. The highest BCUT2D eigenvalue weighted by atomic mass is 16.5. The summed E-state index contributed by atoms with van der Waals surface area (Å²) in [5.41, 5.74) is 2.57. The monoisotopic (exact) mass is 228 g/mol. The molecule has 1 heteroatoms. The number of ether oxygens (including phenoxy) is 1. The molecule has 0 amide bonds. The maximum Gasteiger partial charge on any atom is 0.127 e. The van der Waals surface area contributed by atoms with Crippen LogP contribution in [0.2, 0.25) is 0 Å². The van der Waals surface area contributed by atoms with Gasteiger partial charge in [-0.05, 0) is 56.4 Å². The molecule has 3 rings (SSSR count). The molecule has 1 saturated carbocycles. The summed E-state index contributed by atoms with van der Waals surface area (Å²) in [6, 6.07) is 6.72. The first-order valence-electron chi connectivity index (χ1n) is 6.66. The largest absolute Gasteiger partial charge is 0.483 e. The predicted octanol–water partition coefficient (Wildman–Crippen LogP) is 4.53. The molecule has 0 bridgehead atoms. The normalized spacial score (nSPS) is 22.2. The number of hydrogen-bond acceptors (Lipinski definition) is 1. The van der Waals surface area contributed by atoms with Crippen molar-refractivity contribution in [3.63, 3.8) is 0 Å². The minimum Gasteiger partial charge on any atom is -0.483 e. The Bertz CT molecular complexity index is 451. The van der Waals surface area contributed by atoms with Crippen LogP contribution in [0.15, 0.2) is 24.3 Å². The lowest BCUT2D eigenvalue weighted by atomic mass is 9.94. The molecule has 17 heavy (non-hydrogen) atoms. The molecule has 0 saturated heterocycles. The van der Waals surface area contributed by atoms with Gasteiger partial charge in [0, 0.05) is 5.56 Å². The zero-order valence-electron chi connectivity index (χ0n) is 10.7. The maximum atomic E-state index is 5.95. The minimum absolute atomic E-state index is 0.165. The molecule has 0 spiro atoms. The second-order valence-corrected chi connectivity index (χ2v) is 5.82. The number of rotatable bonds is 1. The summed E-state index contributed by atoms with van der Waals surface area (Å²) in [6.07, 6.45) is 9.84. The average Bonchev–Trinajstić information content (AvgIpc) is 2.81. The molecule has 0 N–H and O–H groups in total. The van der Waals surface area contributed by atoms with Crippen molar-refractivity contribution in [3.05, 3.63) is 35.4 Å².